The smallest absolute Gasteiger partial charge is 0.227 e. The number of carbonyl (C=O) groups excluding carboxylic acids is 2. The largest absolute Gasteiger partial charge is 0.388 e. The molecule has 1 aliphatic carbocycles. The molecule has 0 aromatic heterocycles. The number of piperidine rings is 1. The molecule has 1 saturated heterocycles. The molecule has 5 heteroatoms. The summed E-state index contributed by atoms with van der Waals surface area (Å²) < 4.78 is 0. The Kier molecular flexibility index (Phi) is 5.71. The molecule has 2 fully saturated rings. The highest BCUT2D eigenvalue weighted by atomic mass is 16.3. The van der Waals surface area contributed by atoms with Crippen LogP contribution in [0.2, 0.25) is 0 Å². The van der Waals surface area contributed by atoms with Crippen LogP contribution in [-0.4, -0.2) is 47.1 Å². The van der Waals surface area contributed by atoms with Crippen molar-refractivity contribution < 1.29 is 14.7 Å². The van der Waals surface area contributed by atoms with E-state index in [0.717, 1.165) is 25.7 Å². The zero-order valence-corrected chi connectivity index (χ0v) is 14.9. The van der Waals surface area contributed by atoms with Crippen LogP contribution in [0.1, 0.15) is 65.7 Å². The van der Waals surface area contributed by atoms with Crippen LogP contribution < -0.4 is 5.32 Å². The van der Waals surface area contributed by atoms with Crippen molar-refractivity contribution in [2.24, 2.45) is 11.3 Å². The van der Waals surface area contributed by atoms with Crippen LogP contribution in [0, 0.1) is 11.3 Å². The summed E-state index contributed by atoms with van der Waals surface area (Å²) in [5.74, 6) is 0.158. The number of nitrogens with one attached hydrogen (secondary N) is 1. The molecule has 0 atom stereocenters. The highest BCUT2D eigenvalue weighted by Gasteiger charge is 2.34. The van der Waals surface area contributed by atoms with Crippen molar-refractivity contribution in [2.45, 2.75) is 71.3 Å². The van der Waals surface area contributed by atoms with E-state index in [1.807, 2.05) is 25.7 Å². The van der Waals surface area contributed by atoms with Gasteiger partial charge in [0.15, 0.2) is 0 Å². The summed E-state index contributed by atoms with van der Waals surface area (Å²) in [6, 6.07) is 0. The lowest BCUT2D eigenvalue weighted by Crippen LogP contribution is -2.49. The van der Waals surface area contributed by atoms with Crippen molar-refractivity contribution in [2.75, 3.05) is 19.6 Å². The number of likely N-dealkylation sites (tertiary alicyclic amines) is 1. The average Bonchev–Trinajstić information content (AvgIpc) is 2.52. The lowest BCUT2D eigenvalue weighted by Gasteiger charge is -2.36. The molecule has 0 aromatic carbocycles. The van der Waals surface area contributed by atoms with Gasteiger partial charge in [0, 0.05) is 31.0 Å². The van der Waals surface area contributed by atoms with E-state index >= 15 is 0 Å². The maximum Gasteiger partial charge on any atom is 0.227 e. The minimum absolute atomic E-state index is 0.0341. The van der Waals surface area contributed by atoms with Gasteiger partial charge in [-0.15, -0.1) is 0 Å². The molecule has 1 aliphatic heterocycles. The van der Waals surface area contributed by atoms with Gasteiger partial charge in [-0.3, -0.25) is 9.59 Å². The van der Waals surface area contributed by atoms with Gasteiger partial charge in [-0.1, -0.05) is 40.0 Å². The fraction of sp³-hybridized carbons (Fsp3) is 0.889. The zero-order valence-electron chi connectivity index (χ0n) is 14.9. The molecule has 2 amide bonds. The average molecular weight is 324 g/mol. The number of nitrogens with zero attached hydrogens (tertiary/aromatic N) is 1. The summed E-state index contributed by atoms with van der Waals surface area (Å²) in [7, 11) is 0. The molecule has 2 rings (SSSR count). The van der Waals surface area contributed by atoms with Gasteiger partial charge >= 0.3 is 0 Å². The standard InChI is InChI=1S/C18H32N2O3/c1-17(2,3)16(22)20-11-7-14(8-12-20)15(21)19-13-18(23)9-5-4-6-10-18/h14,23H,4-13H2,1-3H3,(H,19,21). The molecule has 0 spiro atoms. The minimum Gasteiger partial charge on any atom is -0.388 e. The van der Waals surface area contributed by atoms with E-state index in [2.05, 4.69) is 5.32 Å². The number of aliphatic hydroxyl groups is 1. The van der Waals surface area contributed by atoms with Gasteiger partial charge in [-0.25, -0.2) is 0 Å². The molecule has 1 heterocycles. The number of rotatable bonds is 3. The fourth-order valence-corrected chi connectivity index (χ4v) is 3.60. The molecule has 23 heavy (non-hydrogen) atoms. The van der Waals surface area contributed by atoms with Gasteiger partial charge in [0.25, 0.3) is 0 Å². The Morgan fingerprint density at radius 3 is 2.22 bits per heavy atom. The molecule has 1 saturated carbocycles. The molecule has 2 aliphatic rings. The third kappa shape index (κ3) is 4.93. The topological polar surface area (TPSA) is 69.6 Å². The van der Waals surface area contributed by atoms with Crippen molar-refractivity contribution in [3.8, 4) is 0 Å². The van der Waals surface area contributed by atoms with Gasteiger partial charge in [0.2, 0.25) is 11.8 Å². The SMILES string of the molecule is CC(C)(C)C(=O)N1CCC(C(=O)NCC2(O)CCCCC2)CC1. The molecular weight excluding hydrogens is 292 g/mol. The van der Waals surface area contributed by atoms with Crippen molar-refractivity contribution >= 4 is 11.8 Å². The van der Waals surface area contributed by atoms with E-state index in [1.54, 1.807) is 0 Å². The van der Waals surface area contributed by atoms with Gasteiger partial charge in [0.05, 0.1) is 5.60 Å². The Morgan fingerprint density at radius 2 is 1.70 bits per heavy atom. The predicted octanol–water partition coefficient (Wildman–Crippen LogP) is 2.08. The molecular formula is C18H32N2O3. The van der Waals surface area contributed by atoms with Crippen molar-refractivity contribution in [3.63, 3.8) is 0 Å². The number of carbonyl (C=O) groups is 2. The first-order valence-corrected chi connectivity index (χ1v) is 9.01. The number of hydrogen-bond donors (Lipinski definition) is 2. The first-order valence-electron chi connectivity index (χ1n) is 9.01. The van der Waals surface area contributed by atoms with Crippen LogP contribution in [0.25, 0.3) is 0 Å². The maximum atomic E-state index is 12.3. The first kappa shape index (κ1) is 18.2. The predicted molar refractivity (Wildman–Crippen MR) is 89.8 cm³/mol. The van der Waals surface area contributed by atoms with Gasteiger partial charge in [-0.2, -0.15) is 0 Å². The van der Waals surface area contributed by atoms with Gasteiger partial charge < -0.3 is 15.3 Å². The van der Waals surface area contributed by atoms with E-state index in [4.69, 9.17) is 0 Å². The van der Waals surface area contributed by atoms with E-state index in [0.29, 0.717) is 32.5 Å². The highest BCUT2D eigenvalue weighted by Crippen LogP contribution is 2.28. The number of hydrogen-bond acceptors (Lipinski definition) is 3. The molecule has 0 aromatic rings. The van der Waals surface area contributed by atoms with Crippen molar-refractivity contribution in [3.05, 3.63) is 0 Å². The Hall–Kier alpha value is -1.10. The zero-order chi connectivity index (χ0) is 17.1. The van der Waals surface area contributed by atoms with Crippen LogP contribution in [0.5, 0.6) is 0 Å². The summed E-state index contributed by atoms with van der Waals surface area (Å²) in [4.78, 5) is 26.5. The Bertz CT molecular complexity index is 428. The molecule has 5 nitrogen and oxygen atoms in total. The molecule has 132 valence electrons. The van der Waals surface area contributed by atoms with Crippen molar-refractivity contribution in [1.82, 2.24) is 10.2 Å². The van der Waals surface area contributed by atoms with E-state index in [1.165, 1.54) is 6.42 Å². The van der Waals surface area contributed by atoms with E-state index < -0.39 is 5.60 Å². The first-order chi connectivity index (χ1) is 10.7. The summed E-state index contributed by atoms with van der Waals surface area (Å²) >= 11 is 0. The normalized spacial score (nSPS) is 22.7. The maximum absolute atomic E-state index is 12.3. The quantitative estimate of drug-likeness (QED) is 0.835. The lowest BCUT2D eigenvalue weighted by atomic mass is 9.84. The van der Waals surface area contributed by atoms with E-state index in [-0.39, 0.29) is 23.1 Å². The Morgan fingerprint density at radius 1 is 1.13 bits per heavy atom. The number of amides is 2. The van der Waals surface area contributed by atoms with Crippen LogP contribution in [0.15, 0.2) is 0 Å². The van der Waals surface area contributed by atoms with Gasteiger partial charge in [-0.05, 0) is 25.7 Å². The molecule has 0 unspecified atom stereocenters. The minimum atomic E-state index is -0.711. The van der Waals surface area contributed by atoms with Crippen LogP contribution in [0.3, 0.4) is 0 Å². The third-order valence-electron chi connectivity index (χ3n) is 5.17. The molecule has 0 bridgehead atoms. The lowest BCUT2D eigenvalue weighted by molar-refractivity contribution is -0.142. The van der Waals surface area contributed by atoms with Crippen LogP contribution >= 0.6 is 0 Å². The van der Waals surface area contributed by atoms with Crippen molar-refractivity contribution in [1.29, 1.82) is 0 Å². The third-order valence-corrected chi connectivity index (χ3v) is 5.17. The monoisotopic (exact) mass is 324 g/mol. The second-order valence-electron chi connectivity index (χ2n) is 8.32. The van der Waals surface area contributed by atoms with E-state index in [9.17, 15) is 14.7 Å². The van der Waals surface area contributed by atoms with Crippen LogP contribution in [-0.2, 0) is 9.59 Å². The molecule has 2 N–H and O–H groups in total. The second-order valence-corrected chi connectivity index (χ2v) is 8.32. The summed E-state index contributed by atoms with van der Waals surface area (Å²) in [5.41, 5.74) is -1.07. The van der Waals surface area contributed by atoms with Crippen LogP contribution in [0.4, 0.5) is 0 Å². The summed E-state index contributed by atoms with van der Waals surface area (Å²) in [6.07, 6.45) is 6.26. The van der Waals surface area contributed by atoms with Gasteiger partial charge in [0.1, 0.15) is 0 Å². The highest BCUT2D eigenvalue weighted by molar-refractivity contribution is 5.82. The Balaban J connectivity index is 1.76. The second kappa shape index (κ2) is 7.20. The fourth-order valence-electron chi connectivity index (χ4n) is 3.60. The molecule has 0 radical (unpaired) electrons. The summed E-state index contributed by atoms with van der Waals surface area (Å²) in [6.45, 7) is 7.46. The Labute approximate surface area is 139 Å². The summed E-state index contributed by atoms with van der Waals surface area (Å²) in [5, 5.41) is 13.4.